The molecule has 0 saturated heterocycles. The summed E-state index contributed by atoms with van der Waals surface area (Å²) in [6.45, 7) is 2.18. The number of nitrogens with one attached hydrogen (secondary N) is 1. The Morgan fingerprint density at radius 1 is 1.14 bits per heavy atom. The van der Waals surface area contributed by atoms with Gasteiger partial charge in [-0.05, 0) is 48.1 Å². The number of aryl methyl sites for hydroxylation is 1. The molecular formula is C19H18ClN. The van der Waals surface area contributed by atoms with Crippen LogP contribution in [-0.2, 0) is 0 Å². The lowest BCUT2D eigenvalue weighted by Gasteiger charge is -2.38. The van der Waals surface area contributed by atoms with Crippen LogP contribution in [0.5, 0.6) is 0 Å². The van der Waals surface area contributed by atoms with Gasteiger partial charge in [-0.3, -0.25) is 0 Å². The van der Waals surface area contributed by atoms with Crippen LogP contribution in [0, 0.1) is 12.8 Å². The highest BCUT2D eigenvalue weighted by molar-refractivity contribution is 6.30. The summed E-state index contributed by atoms with van der Waals surface area (Å²) < 4.78 is 0. The van der Waals surface area contributed by atoms with Gasteiger partial charge in [0.2, 0.25) is 0 Å². The van der Waals surface area contributed by atoms with E-state index >= 15 is 0 Å². The molecule has 1 aliphatic carbocycles. The summed E-state index contributed by atoms with van der Waals surface area (Å²) in [7, 11) is 0. The molecular weight excluding hydrogens is 278 g/mol. The highest BCUT2D eigenvalue weighted by Crippen LogP contribution is 2.50. The summed E-state index contributed by atoms with van der Waals surface area (Å²) in [5.74, 6) is 1.10. The van der Waals surface area contributed by atoms with E-state index in [9.17, 15) is 0 Å². The summed E-state index contributed by atoms with van der Waals surface area (Å²) in [6, 6.07) is 15.2. The molecule has 0 bridgehead atoms. The molecule has 0 spiro atoms. The van der Waals surface area contributed by atoms with Crippen LogP contribution in [0.2, 0.25) is 5.02 Å². The van der Waals surface area contributed by atoms with Crippen molar-refractivity contribution in [2.45, 2.75) is 25.3 Å². The Bertz CT molecular complexity index is 719. The van der Waals surface area contributed by atoms with Gasteiger partial charge in [0, 0.05) is 16.6 Å². The number of fused-ring (bicyclic) bond motifs is 3. The summed E-state index contributed by atoms with van der Waals surface area (Å²) in [5.41, 5.74) is 5.34. The zero-order valence-electron chi connectivity index (χ0n) is 12.0. The number of benzene rings is 2. The SMILES string of the molecule is Cc1cccc2c1N[C@H](c1cccc(Cl)c1)[C@@H]1CC=C[C@H]21. The van der Waals surface area contributed by atoms with E-state index in [-0.39, 0.29) is 0 Å². The van der Waals surface area contributed by atoms with Crippen molar-refractivity contribution in [2.24, 2.45) is 5.92 Å². The lowest BCUT2D eigenvalue weighted by atomic mass is 9.76. The lowest BCUT2D eigenvalue weighted by molar-refractivity contribution is 0.425. The highest BCUT2D eigenvalue weighted by atomic mass is 35.5. The Hall–Kier alpha value is -1.73. The molecule has 2 aromatic carbocycles. The number of hydrogen-bond donors (Lipinski definition) is 1. The van der Waals surface area contributed by atoms with Crippen molar-refractivity contribution in [3.8, 4) is 0 Å². The molecule has 0 amide bonds. The monoisotopic (exact) mass is 295 g/mol. The molecule has 0 fully saturated rings. The number of allylic oxidation sites excluding steroid dienone is 2. The summed E-state index contributed by atoms with van der Waals surface area (Å²) in [5, 5.41) is 4.59. The molecule has 1 heterocycles. The quantitative estimate of drug-likeness (QED) is 0.687. The standard InChI is InChI=1S/C19H18ClN/c1-12-5-2-9-16-15-8-4-10-17(15)19(21-18(12)16)13-6-3-7-14(20)11-13/h2-9,11,15,17,19,21H,10H2,1H3/t15-,17-,19-/m1/s1. The molecule has 2 heteroatoms. The largest absolute Gasteiger partial charge is 0.377 e. The van der Waals surface area contributed by atoms with Crippen molar-refractivity contribution in [3.05, 3.63) is 76.3 Å². The van der Waals surface area contributed by atoms with E-state index in [2.05, 4.69) is 54.7 Å². The maximum Gasteiger partial charge on any atom is 0.0554 e. The molecule has 21 heavy (non-hydrogen) atoms. The van der Waals surface area contributed by atoms with Crippen LogP contribution in [0.3, 0.4) is 0 Å². The summed E-state index contributed by atoms with van der Waals surface area (Å²) in [6.07, 6.45) is 5.83. The normalized spacial score (nSPS) is 26.1. The topological polar surface area (TPSA) is 12.0 Å². The van der Waals surface area contributed by atoms with E-state index in [0.717, 1.165) is 11.4 Å². The van der Waals surface area contributed by atoms with Crippen LogP contribution in [0.1, 0.15) is 35.1 Å². The molecule has 4 rings (SSSR count). The van der Waals surface area contributed by atoms with Crippen molar-refractivity contribution in [2.75, 3.05) is 5.32 Å². The van der Waals surface area contributed by atoms with Gasteiger partial charge < -0.3 is 5.32 Å². The van der Waals surface area contributed by atoms with E-state index < -0.39 is 0 Å². The Labute approximate surface area is 130 Å². The minimum atomic E-state index is 0.331. The van der Waals surface area contributed by atoms with Gasteiger partial charge in [-0.1, -0.05) is 54.1 Å². The Morgan fingerprint density at radius 3 is 2.86 bits per heavy atom. The highest BCUT2D eigenvalue weighted by Gasteiger charge is 2.38. The first-order valence-electron chi connectivity index (χ1n) is 7.52. The molecule has 3 atom stereocenters. The van der Waals surface area contributed by atoms with Crippen molar-refractivity contribution in [3.63, 3.8) is 0 Å². The predicted octanol–water partition coefficient (Wildman–Crippen LogP) is 5.47. The molecule has 1 N–H and O–H groups in total. The van der Waals surface area contributed by atoms with Crippen molar-refractivity contribution < 1.29 is 0 Å². The van der Waals surface area contributed by atoms with Gasteiger partial charge in [-0.25, -0.2) is 0 Å². The fourth-order valence-electron chi connectivity index (χ4n) is 3.81. The maximum absolute atomic E-state index is 6.20. The fraction of sp³-hybridized carbons (Fsp3) is 0.263. The van der Waals surface area contributed by atoms with Crippen LogP contribution < -0.4 is 5.32 Å². The first-order chi connectivity index (χ1) is 10.2. The van der Waals surface area contributed by atoms with E-state index in [1.165, 1.54) is 22.4 Å². The van der Waals surface area contributed by atoms with Crippen molar-refractivity contribution >= 4 is 17.3 Å². The number of anilines is 1. The number of rotatable bonds is 1. The average molecular weight is 296 g/mol. The van der Waals surface area contributed by atoms with Crippen LogP contribution in [-0.4, -0.2) is 0 Å². The van der Waals surface area contributed by atoms with Crippen molar-refractivity contribution in [1.82, 2.24) is 0 Å². The fourth-order valence-corrected chi connectivity index (χ4v) is 4.01. The third kappa shape index (κ3) is 2.08. The molecule has 0 unspecified atom stereocenters. The molecule has 0 radical (unpaired) electrons. The van der Waals surface area contributed by atoms with Gasteiger partial charge in [0.1, 0.15) is 0 Å². The molecule has 0 aromatic heterocycles. The Balaban J connectivity index is 1.83. The van der Waals surface area contributed by atoms with Gasteiger partial charge in [-0.2, -0.15) is 0 Å². The van der Waals surface area contributed by atoms with Gasteiger partial charge in [0.25, 0.3) is 0 Å². The number of hydrogen-bond acceptors (Lipinski definition) is 1. The predicted molar refractivity (Wildman–Crippen MR) is 89.0 cm³/mol. The second-order valence-electron chi connectivity index (χ2n) is 6.07. The average Bonchev–Trinajstić information content (AvgIpc) is 2.96. The zero-order valence-corrected chi connectivity index (χ0v) is 12.8. The molecule has 2 aromatic rings. The molecule has 2 aliphatic rings. The number of halogens is 1. The van der Waals surface area contributed by atoms with E-state index in [1.54, 1.807) is 0 Å². The zero-order chi connectivity index (χ0) is 14.4. The van der Waals surface area contributed by atoms with Crippen LogP contribution in [0.25, 0.3) is 0 Å². The molecule has 1 nitrogen and oxygen atoms in total. The first kappa shape index (κ1) is 13.0. The van der Waals surface area contributed by atoms with Crippen LogP contribution >= 0.6 is 11.6 Å². The second kappa shape index (κ2) is 4.92. The Morgan fingerprint density at radius 2 is 2.00 bits per heavy atom. The maximum atomic E-state index is 6.20. The third-order valence-corrected chi connectivity index (χ3v) is 5.05. The summed E-state index contributed by atoms with van der Waals surface area (Å²) in [4.78, 5) is 0. The van der Waals surface area contributed by atoms with E-state index in [0.29, 0.717) is 17.9 Å². The van der Waals surface area contributed by atoms with E-state index in [4.69, 9.17) is 11.6 Å². The van der Waals surface area contributed by atoms with Gasteiger partial charge in [0.05, 0.1) is 6.04 Å². The van der Waals surface area contributed by atoms with E-state index in [1.807, 2.05) is 12.1 Å². The smallest absolute Gasteiger partial charge is 0.0554 e. The van der Waals surface area contributed by atoms with Crippen molar-refractivity contribution in [1.29, 1.82) is 0 Å². The van der Waals surface area contributed by atoms with Crippen LogP contribution in [0.4, 0.5) is 5.69 Å². The summed E-state index contributed by atoms with van der Waals surface area (Å²) >= 11 is 6.20. The minimum Gasteiger partial charge on any atom is -0.377 e. The second-order valence-corrected chi connectivity index (χ2v) is 6.51. The lowest BCUT2D eigenvalue weighted by Crippen LogP contribution is -2.29. The first-order valence-corrected chi connectivity index (χ1v) is 7.90. The molecule has 1 aliphatic heterocycles. The van der Waals surface area contributed by atoms with Crippen LogP contribution in [0.15, 0.2) is 54.6 Å². The van der Waals surface area contributed by atoms with Gasteiger partial charge >= 0.3 is 0 Å². The van der Waals surface area contributed by atoms with Gasteiger partial charge in [-0.15, -0.1) is 0 Å². The Kier molecular flexibility index (Phi) is 3.04. The minimum absolute atomic E-state index is 0.331. The molecule has 106 valence electrons. The van der Waals surface area contributed by atoms with Gasteiger partial charge in [0.15, 0.2) is 0 Å². The molecule has 0 saturated carbocycles. The number of para-hydroxylation sites is 1. The third-order valence-electron chi connectivity index (χ3n) is 4.81.